The lowest BCUT2D eigenvalue weighted by Crippen LogP contribution is -2.60. The van der Waals surface area contributed by atoms with Gasteiger partial charge in [0.15, 0.2) is 12.6 Å². The SMILES string of the molecule is CO[C@H]1O[C@H](CO)[C@@H](O)[C@H](O)[C@@H]1OCOCCO[C@H]1O[C@H](CO)[C@@H](O)[C@H](O)[C@@H]1O. The molecule has 0 radical (unpaired) electrons. The molecule has 0 unspecified atom stereocenters. The summed E-state index contributed by atoms with van der Waals surface area (Å²) in [4.78, 5) is 0. The zero-order chi connectivity index (χ0) is 21.6. The largest absolute Gasteiger partial charge is 0.394 e. The fraction of sp³-hybridized carbons (Fsp3) is 1.00. The maximum atomic E-state index is 10.1. The number of methoxy groups -OCH3 is 1. The summed E-state index contributed by atoms with van der Waals surface area (Å²) in [6.45, 7) is -1.50. The molecular weight excluding hydrogens is 400 g/mol. The molecular formula is C16H30O13. The first-order chi connectivity index (χ1) is 13.8. The second-order valence-corrected chi connectivity index (χ2v) is 6.67. The van der Waals surface area contributed by atoms with Crippen molar-refractivity contribution in [3.05, 3.63) is 0 Å². The smallest absolute Gasteiger partial charge is 0.186 e. The standard InChI is InChI=1S/C16H30O13/c1-24-16-14(12(22)10(20)8(5-18)29-16)27-6-25-2-3-26-15-13(23)11(21)9(19)7(4-17)28-15/h7-23H,2-6H2,1H3/t7-,8-,9-,10-,11+,12+,13+,14+,15+,16+/m1/s1. The molecule has 13 heteroatoms. The fourth-order valence-corrected chi connectivity index (χ4v) is 3.04. The van der Waals surface area contributed by atoms with Gasteiger partial charge in [-0.05, 0) is 0 Å². The lowest BCUT2D eigenvalue weighted by Gasteiger charge is -2.41. The quantitative estimate of drug-likeness (QED) is 0.129. The Hall–Kier alpha value is -0.520. The molecule has 2 heterocycles. The van der Waals surface area contributed by atoms with E-state index in [0.717, 1.165) is 0 Å². The summed E-state index contributed by atoms with van der Waals surface area (Å²) in [7, 11) is 1.31. The molecule has 0 spiro atoms. The topological polar surface area (TPSA) is 197 Å². The van der Waals surface area contributed by atoms with Crippen LogP contribution in [0.1, 0.15) is 0 Å². The van der Waals surface area contributed by atoms with Gasteiger partial charge in [0.25, 0.3) is 0 Å². The van der Waals surface area contributed by atoms with Crippen LogP contribution in [0.3, 0.4) is 0 Å². The molecule has 172 valence electrons. The summed E-state index contributed by atoms with van der Waals surface area (Å²) in [5, 5.41) is 67.5. The van der Waals surface area contributed by atoms with E-state index in [-0.39, 0.29) is 20.0 Å². The molecule has 29 heavy (non-hydrogen) atoms. The van der Waals surface area contributed by atoms with Crippen LogP contribution < -0.4 is 0 Å². The molecule has 0 saturated carbocycles. The average Bonchev–Trinajstić information content (AvgIpc) is 2.73. The molecule has 2 saturated heterocycles. The molecule has 2 fully saturated rings. The van der Waals surface area contributed by atoms with Crippen LogP contribution in [0.4, 0.5) is 0 Å². The summed E-state index contributed by atoms with van der Waals surface area (Å²) >= 11 is 0. The molecule has 2 aliphatic heterocycles. The van der Waals surface area contributed by atoms with Crippen LogP contribution in [0.15, 0.2) is 0 Å². The predicted octanol–water partition coefficient (Wildman–Crippen LogP) is -4.75. The molecule has 13 nitrogen and oxygen atoms in total. The third-order valence-electron chi connectivity index (χ3n) is 4.76. The molecule has 7 N–H and O–H groups in total. The normalized spacial score (nSPS) is 43.4. The Labute approximate surface area is 166 Å². The van der Waals surface area contributed by atoms with Crippen LogP contribution in [0.5, 0.6) is 0 Å². The van der Waals surface area contributed by atoms with Crippen molar-refractivity contribution in [3.8, 4) is 0 Å². The highest BCUT2D eigenvalue weighted by atomic mass is 16.7. The molecule has 0 aromatic heterocycles. The van der Waals surface area contributed by atoms with E-state index in [0.29, 0.717) is 0 Å². The monoisotopic (exact) mass is 430 g/mol. The maximum absolute atomic E-state index is 10.1. The minimum absolute atomic E-state index is 0.0296. The van der Waals surface area contributed by atoms with Crippen molar-refractivity contribution in [1.29, 1.82) is 0 Å². The Morgan fingerprint density at radius 3 is 1.86 bits per heavy atom. The molecule has 2 aliphatic rings. The molecule has 0 aliphatic carbocycles. The van der Waals surface area contributed by atoms with Crippen LogP contribution in [-0.4, -0.2) is 137 Å². The van der Waals surface area contributed by atoms with E-state index in [2.05, 4.69) is 0 Å². The van der Waals surface area contributed by atoms with E-state index in [1.54, 1.807) is 0 Å². The Kier molecular flexibility index (Phi) is 10.0. The third kappa shape index (κ3) is 6.01. The van der Waals surface area contributed by atoms with Gasteiger partial charge in [0.05, 0.1) is 26.4 Å². The first-order valence-electron chi connectivity index (χ1n) is 9.12. The molecule has 10 atom stereocenters. The summed E-state index contributed by atoms with van der Waals surface area (Å²) in [6, 6.07) is 0. The van der Waals surface area contributed by atoms with Crippen LogP contribution in [0, 0.1) is 0 Å². The van der Waals surface area contributed by atoms with Crippen LogP contribution >= 0.6 is 0 Å². The Morgan fingerprint density at radius 1 is 0.690 bits per heavy atom. The lowest BCUT2D eigenvalue weighted by molar-refractivity contribution is -0.317. The van der Waals surface area contributed by atoms with E-state index in [1.165, 1.54) is 7.11 Å². The Balaban J connectivity index is 1.70. The van der Waals surface area contributed by atoms with Gasteiger partial charge in [0, 0.05) is 7.11 Å². The zero-order valence-electron chi connectivity index (χ0n) is 15.9. The van der Waals surface area contributed by atoms with E-state index >= 15 is 0 Å². The third-order valence-corrected chi connectivity index (χ3v) is 4.76. The number of aliphatic hydroxyl groups is 7. The van der Waals surface area contributed by atoms with Crippen molar-refractivity contribution in [3.63, 3.8) is 0 Å². The minimum Gasteiger partial charge on any atom is -0.394 e. The lowest BCUT2D eigenvalue weighted by atomic mass is 9.99. The first kappa shape index (κ1) is 24.7. The number of rotatable bonds is 10. The number of hydrogen-bond acceptors (Lipinski definition) is 13. The highest BCUT2D eigenvalue weighted by Gasteiger charge is 2.46. The van der Waals surface area contributed by atoms with Crippen molar-refractivity contribution < 1.29 is 64.2 Å². The minimum atomic E-state index is -1.54. The van der Waals surface area contributed by atoms with Gasteiger partial charge in [-0.15, -0.1) is 0 Å². The van der Waals surface area contributed by atoms with E-state index in [4.69, 9.17) is 38.6 Å². The summed E-state index contributed by atoms with van der Waals surface area (Å²) in [5.74, 6) is 0. The van der Waals surface area contributed by atoms with Crippen LogP contribution in [0.2, 0.25) is 0 Å². The van der Waals surface area contributed by atoms with Crippen molar-refractivity contribution in [2.24, 2.45) is 0 Å². The van der Waals surface area contributed by atoms with Crippen molar-refractivity contribution >= 4 is 0 Å². The van der Waals surface area contributed by atoms with Gasteiger partial charge in [-0.1, -0.05) is 0 Å². The second-order valence-electron chi connectivity index (χ2n) is 6.67. The fourth-order valence-electron chi connectivity index (χ4n) is 3.04. The van der Waals surface area contributed by atoms with Crippen LogP contribution in [0.25, 0.3) is 0 Å². The molecule has 0 aromatic rings. The van der Waals surface area contributed by atoms with E-state index < -0.39 is 74.6 Å². The highest BCUT2D eigenvalue weighted by molar-refractivity contribution is 4.90. The number of aliphatic hydroxyl groups excluding tert-OH is 7. The summed E-state index contributed by atoms with van der Waals surface area (Å²) in [6.07, 6.45) is -12.7. The summed E-state index contributed by atoms with van der Waals surface area (Å²) in [5.41, 5.74) is 0. The van der Waals surface area contributed by atoms with E-state index in [1.807, 2.05) is 0 Å². The molecule has 2 rings (SSSR count). The van der Waals surface area contributed by atoms with E-state index in [9.17, 15) is 25.5 Å². The van der Waals surface area contributed by atoms with Gasteiger partial charge in [0.2, 0.25) is 0 Å². The number of hydrogen-bond donors (Lipinski definition) is 7. The van der Waals surface area contributed by atoms with Gasteiger partial charge in [-0.3, -0.25) is 0 Å². The van der Waals surface area contributed by atoms with Gasteiger partial charge < -0.3 is 64.2 Å². The first-order valence-corrected chi connectivity index (χ1v) is 9.12. The zero-order valence-corrected chi connectivity index (χ0v) is 15.9. The Bertz CT molecular complexity index is 464. The second kappa shape index (κ2) is 11.8. The van der Waals surface area contributed by atoms with Gasteiger partial charge in [0.1, 0.15) is 55.6 Å². The van der Waals surface area contributed by atoms with Crippen molar-refractivity contribution in [2.75, 3.05) is 40.3 Å². The highest BCUT2D eigenvalue weighted by Crippen LogP contribution is 2.24. The van der Waals surface area contributed by atoms with Gasteiger partial charge >= 0.3 is 0 Å². The molecule has 0 bridgehead atoms. The van der Waals surface area contributed by atoms with Crippen molar-refractivity contribution in [1.82, 2.24) is 0 Å². The van der Waals surface area contributed by atoms with Crippen molar-refractivity contribution in [2.45, 2.75) is 61.4 Å². The van der Waals surface area contributed by atoms with Gasteiger partial charge in [-0.2, -0.15) is 0 Å². The molecule has 0 aromatic carbocycles. The average molecular weight is 430 g/mol. The van der Waals surface area contributed by atoms with Crippen LogP contribution in [-0.2, 0) is 28.4 Å². The predicted molar refractivity (Wildman–Crippen MR) is 90.2 cm³/mol. The van der Waals surface area contributed by atoms with Gasteiger partial charge in [-0.25, -0.2) is 0 Å². The maximum Gasteiger partial charge on any atom is 0.186 e. The number of ether oxygens (including phenoxy) is 6. The Morgan fingerprint density at radius 2 is 1.28 bits per heavy atom. The molecule has 0 amide bonds. The summed E-state index contributed by atoms with van der Waals surface area (Å²) < 4.78 is 31.3.